The van der Waals surface area contributed by atoms with Crippen LogP contribution >= 0.6 is 0 Å². The minimum Gasteiger partial charge on any atom is -0.481 e. The third kappa shape index (κ3) is 8.41. The number of ether oxygens (including phenoxy) is 2. The standard InChI is InChI=1S/C12H25NO5/c1-9(12(15)16)5-13(3)6-11(14)8-18-10(2)7-17-4/h9-11,14H,5-8H2,1-4H3,(H,15,16). The van der Waals surface area contributed by atoms with Crippen LogP contribution in [0.1, 0.15) is 13.8 Å². The second kappa shape index (κ2) is 9.27. The predicted octanol–water partition coefficient (Wildman–Crippen LogP) is 0.0513. The first-order valence-corrected chi connectivity index (χ1v) is 6.06. The number of methoxy groups -OCH3 is 1. The fourth-order valence-corrected chi connectivity index (χ4v) is 1.59. The van der Waals surface area contributed by atoms with Crippen LogP contribution in [0.2, 0.25) is 0 Å². The molecule has 0 aliphatic rings. The zero-order valence-corrected chi connectivity index (χ0v) is 11.6. The number of aliphatic hydroxyl groups is 1. The van der Waals surface area contributed by atoms with Crippen molar-refractivity contribution in [2.75, 3.05) is 40.5 Å². The largest absolute Gasteiger partial charge is 0.481 e. The lowest BCUT2D eigenvalue weighted by atomic mass is 10.1. The van der Waals surface area contributed by atoms with Gasteiger partial charge in [-0.1, -0.05) is 6.92 Å². The molecule has 3 unspecified atom stereocenters. The molecule has 0 spiro atoms. The zero-order valence-electron chi connectivity index (χ0n) is 11.6. The van der Waals surface area contributed by atoms with Gasteiger partial charge in [0.1, 0.15) is 0 Å². The van der Waals surface area contributed by atoms with Crippen LogP contribution in [0, 0.1) is 5.92 Å². The van der Waals surface area contributed by atoms with Gasteiger partial charge >= 0.3 is 5.97 Å². The van der Waals surface area contributed by atoms with Gasteiger partial charge in [-0.05, 0) is 14.0 Å². The second-order valence-corrected chi connectivity index (χ2v) is 4.71. The summed E-state index contributed by atoms with van der Waals surface area (Å²) in [6.07, 6.45) is -0.691. The number of nitrogens with zero attached hydrogens (tertiary/aromatic N) is 1. The second-order valence-electron chi connectivity index (χ2n) is 4.71. The van der Waals surface area contributed by atoms with Crippen LogP contribution in [0.15, 0.2) is 0 Å². The van der Waals surface area contributed by atoms with Crippen LogP contribution in [0.25, 0.3) is 0 Å². The SMILES string of the molecule is COCC(C)OCC(O)CN(C)CC(C)C(=O)O. The first-order valence-electron chi connectivity index (χ1n) is 6.06. The molecule has 6 nitrogen and oxygen atoms in total. The summed E-state index contributed by atoms with van der Waals surface area (Å²) in [6, 6.07) is 0. The van der Waals surface area contributed by atoms with Crippen LogP contribution in [0.5, 0.6) is 0 Å². The third-order valence-corrected chi connectivity index (χ3v) is 2.50. The smallest absolute Gasteiger partial charge is 0.307 e. The summed E-state index contributed by atoms with van der Waals surface area (Å²) in [5.74, 6) is -1.28. The van der Waals surface area contributed by atoms with Gasteiger partial charge in [0.2, 0.25) is 0 Å². The van der Waals surface area contributed by atoms with E-state index < -0.39 is 18.0 Å². The number of carboxylic acid groups (broad SMARTS) is 1. The van der Waals surface area contributed by atoms with Crippen LogP contribution < -0.4 is 0 Å². The van der Waals surface area contributed by atoms with Crippen molar-refractivity contribution in [2.24, 2.45) is 5.92 Å². The number of rotatable bonds is 10. The van der Waals surface area contributed by atoms with Gasteiger partial charge in [0, 0.05) is 20.2 Å². The fraction of sp³-hybridized carbons (Fsp3) is 0.917. The predicted molar refractivity (Wildman–Crippen MR) is 67.6 cm³/mol. The molecular formula is C12H25NO5. The molecule has 0 aromatic heterocycles. The van der Waals surface area contributed by atoms with Gasteiger partial charge in [-0.25, -0.2) is 0 Å². The van der Waals surface area contributed by atoms with Gasteiger partial charge < -0.3 is 24.6 Å². The first kappa shape index (κ1) is 17.3. The van der Waals surface area contributed by atoms with Crippen molar-refractivity contribution >= 4 is 5.97 Å². The Kier molecular flexibility index (Phi) is 8.91. The molecule has 0 aromatic carbocycles. The highest BCUT2D eigenvalue weighted by atomic mass is 16.5. The minimum atomic E-state index is -0.832. The van der Waals surface area contributed by atoms with Crippen LogP contribution in [0.3, 0.4) is 0 Å². The van der Waals surface area contributed by atoms with Gasteiger partial charge in [-0.3, -0.25) is 4.79 Å². The molecular weight excluding hydrogens is 238 g/mol. The van der Waals surface area contributed by atoms with Gasteiger partial charge in [-0.15, -0.1) is 0 Å². The van der Waals surface area contributed by atoms with E-state index in [1.165, 1.54) is 0 Å². The Labute approximate surface area is 108 Å². The summed E-state index contributed by atoms with van der Waals surface area (Å²) in [7, 11) is 3.37. The molecule has 0 amide bonds. The average molecular weight is 263 g/mol. The zero-order chi connectivity index (χ0) is 14.1. The molecule has 0 saturated heterocycles. The molecule has 0 bridgehead atoms. The lowest BCUT2D eigenvalue weighted by Gasteiger charge is -2.23. The van der Waals surface area contributed by atoms with Crippen molar-refractivity contribution in [3.05, 3.63) is 0 Å². The molecule has 2 N–H and O–H groups in total. The molecule has 18 heavy (non-hydrogen) atoms. The lowest BCUT2D eigenvalue weighted by Crippen LogP contribution is -2.37. The summed E-state index contributed by atoms with van der Waals surface area (Å²) in [5, 5.41) is 18.5. The summed E-state index contributed by atoms with van der Waals surface area (Å²) in [4.78, 5) is 12.5. The number of hydrogen-bond acceptors (Lipinski definition) is 5. The average Bonchev–Trinajstić information content (AvgIpc) is 2.26. The number of aliphatic carboxylic acids is 1. The normalized spacial score (nSPS) is 16.6. The summed E-state index contributed by atoms with van der Waals surface area (Å²) < 4.78 is 10.3. The maximum absolute atomic E-state index is 10.7. The molecule has 108 valence electrons. The first-order chi connectivity index (χ1) is 8.36. The van der Waals surface area contributed by atoms with Crippen LogP contribution in [-0.4, -0.2) is 73.8 Å². The van der Waals surface area contributed by atoms with E-state index in [1.807, 2.05) is 6.92 Å². The Morgan fingerprint density at radius 1 is 1.28 bits per heavy atom. The number of hydrogen-bond donors (Lipinski definition) is 2. The Hall–Kier alpha value is -0.690. The Morgan fingerprint density at radius 3 is 2.39 bits per heavy atom. The number of likely N-dealkylation sites (N-methyl/N-ethyl adjacent to an activating group) is 1. The van der Waals surface area contributed by atoms with E-state index in [2.05, 4.69) is 0 Å². The van der Waals surface area contributed by atoms with Gasteiger partial charge in [0.05, 0.1) is 31.3 Å². The fourth-order valence-electron chi connectivity index (χ4n) is 1.59. The van der Waals surface area contributed by atoms with Crippen molar-refractivity contribution in [1.82, 2.24) is 4.90 Å². The van der Waals surface area contributed by atoms with E-state index >= 15 is 0 Å². The van der Waals surface area contributed by atoms with Crippen LogP contribution in [0.4, 0.5) is 0 Å². The minimum absolute atomic E-state index is 0.0621. The van der Waals surface area contributed by atoms with Crippen LogP contribution in [-0.2, 0) is 14.3 Å². The van der Waals surface area contributed by atoms with E-state index in [-0.39, 0.29) is 12.7 Å². The summed E-state index contributed by atoms with van der Waals surface area (Å²) in [5.41, 5.74) is 0. The van der Waals surface area contributed by atoms with Crippen molar-refractivity contribution in [3.8, 4) is 0 Å². The van der Waals surface area contributed by atoms with Gasteiger partial charge in [-0.2, -0.15) is 0 Å². The van der Waals surface area contributed by atoms with E-state index in [0.717, 1.165) is 0 Å². The van der Waals surface area contributed by atoms with Crippen molar-refractivity contribution in [2.45, 2.75) is 26.1 Å². The maximum Gasteiger partial charge on any atom is 0.307 e. The molecule has 3 atom stereocenters. The molecule has 0 rings (SSSR count). The summed E-state index contributed by atoms with van der Waals surface area (Å²) in [6.45, 7) is 5.00. The Bertz CT molecular complexity index is 237. The summed E-state index contributed by atoms with van der Waals surface area (Å²) >= 11 is 0. The molecule has 0 aliphatic carbocycles. The van der Waals surface area contributed by atoms with E-state index in [9.17, 15) is 9.90 Å². The quantitative estimate of drug-likeness (QED) is 0.580. The number of aliphatic hydroxyl groups excluding tert-OH is 1. The number of carboxylic acids is 1. The molecule has 6 heteroatoms. The van der Waals surface area contributed by atoms with Crippen molar-refractivity contribution in [1.29, 1.82) is 0 Å². The Morgan fingerprint density at radius 2 is 1.89 bits per heavy atom. The lowest BCUT2D eigenvalue weighted by molar-refractivity contribution is -0.141. The highest BCUT2D eigenvalue weighted by Crippen LogP contribution is 2.01. The molecule has 0 aliphatic heterocycles. The van der Waals surface area contributed by atoms with E-state index in [0.29, 0.717) is 19.7 Å². The highest BCUT2D eigenvalue weighted by molar-refractivity contribution is 5.69. The van der Waals surface area contributed by atoms with Gasteiger partial charge in [0.15, 0.2) is 0 Å². The third-order valence-electron chi connectivity index (χ3n) is 2.50. The van der Waals surface area contributed by atoms with Crippen molar-refractivity contribution < 1.29 is 24.5 Å². The van der Waals surface area contributed by atoms with Gasteiger partial charge in [0.25, 0.3) is 0 Å². The Balaban J connectivity index is 3.79. The monoisotopic (exact) mass is 263 g/mol. The molecule has 0 heterocycles. The van der Waals surface area contributed by atoms with Crippen molar-refractivity contribution in [3.63, 3.8) is 0 Å². The maximum atomic E-state index is 10.7. The number of carbonyl (C=O) groups is 1. The molecule has 0 saturated carbocycles. The molecule has 0 aromatic rings. The van der Waals surface area contributed by atoms with E-state index in [1.54, 1.807) is 26.0 Å². The van der Waals surface area contributed by atoms with E-state index in [4.69, 9.17) is 14.6 Å². The molecule has 0 fully saturated rings. The highest BCUT2D eigenvalue weighted by Gasteiger charge is 2.16. The molecule has 0 radical (unpaired) electrons. The topological polar surface area (TPSA) is 79.2 Å².